The van der Waals surface area contributed by atoms with Gasteiger partial charge in [-0.25, -0.2) is 0 Å². The average molecular weight is 596 g/mol. The molecule has 1 aliphatic carbocycles. The maximum atomic E-state index is 4.07. The zero-order valence-corrected chi connectivity index (χ0v) is 26.5. The normalized spacial score (nSPS) is 14.4. The van der Waals surface area contributed by atoms with E-state index in [9.17, 15) is 0 Å². The third kappa shape index (κ3) is 7.31. The van der Waals surface area contributed by atoms with Crippen molar-refractivity contribution in [3.63, 3.8) is 0 Å². The summed E-state index contributed by atoms with van der Waals surface area (Å²) in [7, 11) is -1.04. The molecular weight excluding hydrogens is 556 g/mol. The summed E-state index contributed by atoms with van der Waals surface area (Å²) in [4.78, 5) is 0. The molecule has 0 unspecified atom stereocenters. The Kier molecular flexibility index (Phi) is 10.1. The summed E-state index contributed by atoms with van der Waals surface area (Å²) in [6.07, 6.45) is 6.83. The Morgan fingerprint density at radius 3 is 1.51 bits per heavy atom. The summed E-state index contributed by atoms with van der Waals surface area (Å²) in [5, 5.41) is 9.81. The van der Waals surface area contributed by atoms with E-state index in [1.54, 1.807) is 5.57 Å². The van der Waals surface area contributed by atoms with Gasteiger partial charge in [0.25, 0.3) is 0 Å². The fourth-order valence-electron chi connectivity index (χ4n) is 6.07. The predicted octanol–water partition coefficient (Wildman–Crippen LogP) is 8.23. The molecule has 0 saturated carbocycles. The number of allylic oxidation sites excluding steroid dienone is 2. The lowest BCUT2D eigenvalue weighted by molar-refractivity contribution is 0.615. The van der Waals surface area contributed by atoms with Crippen LogP contribution in [0.3, 0.4) is 0 Å². The fraction of sp³-hybridized carbons (Fsp3) is 0.150. The van der Waals surface area contributed by atoms with Crippen LogP contribution in [0.5, 0.6) is 0 Å². The van der Waals surface area contributed by atoms with E-state index in [-0.39, 0.29) is 6.04 Å². The van der Waals surface area contributed by atoms with Gasteiger partial charge in [-0.05, 0) is 60.8 Å². The van der Waals surface area contributed by atoms with Crippen LogP contribution in [-0.2, 0) is 0 Å². The zero-order valence-electron chi connectivity index (χ0n) is 24.8. The molecule has 1 aliphatic rings. The van der Waals surface area contributed by atoms with E-state index >= 15 is 0 Å². The molecule has 0 spiro atoms. The van der Waals surface area contributed by atoms with Crippen molar-refractivity contribution in [2.75, 3.05) is 12.7 Å². The van der Waals surface area contributed by atoms with Gasteiger partial charge in [0, 0.05) is 18.2 Å². The third-order valence-electron chi connectivity index (χ3n) is 8.27. The van der Waals surface area contributed by atoms with Gasteiger partial charge in [-0.15, -0.1) is 0 Å². The van der Waals surface area contributed by atoms with Crippen LogP contribution in [0.4, 0.5) is 0 Å². The van der Waals surface area contributed by atoms with Gasteiger partial charge < -0.3 is 5.32 Å². The molecule has 1 N–H and O–H groups in total. The summed E-state index contributed by atoms with van der Waals surface area (Å²) in [6, 6.07) is 55.7. The van der Waals surface area contributed by atoms with Gasteiger partial charge in [0.15, 0.2) is 0 Å². The first-order chi connectivity index (χ1) is 21.3. The molecule has 5 aromatic carbocycles. The van der Waals surface area contributed by atoms with Crippen LogP contribution in [0, 0.1) is 0 Å². The van der Waals surface area contributed by atoms with Crippen LogP contribution < -0.4 is 26.5 Å². The number of nitrogens with one attached hydrogen (secondary N) is 1. The van der Waals surface area contributed by atoms with Crippen molar-refractivity contribution >= 4 is 37.1 Å². The molecule has 0 saturated heterocycles. The Hall–Kier alpha value is -3.60. The van der Waals surface area contributed by atoms with Crippen molar-refractivity contribution in [2.24, 2.45) is 0 Å². The van der Waals surface area contributed by atoms with Crippen LogP contribution in [0.15, 0.2) is 175 Å². The van der Waals surface area contributed by atoms with E-state index in [4.69, 9.17) is 0 Å². The molecule has 6 rings (SSSR count). The van der Waals surface area contributed by atoms with Gasteiger partial charge in [0.1, 0.15) is 0 Å². The summed E-state index contributed by atoms with van der Waals surface area (Å²) >= 11 is 0. The topological polar surface area (TPSA) is 12.0 Å². The summed E-state index contributed by atoms with van der Waals surface area (Å²) in [5.41, 5.74) is 4.84. The molecule has 5 aromatic rings. The first-order valence-corrected chi connectivity index (χ1v) is 18.2. The van der Waals surface area contributed by atoms with E-state index < -0.39 is 15.8 Å². The molecule has 1 nitrogen and oxygen atoms in total. The molecule has 0 fully saturated rings. The quantitative estimate of drug-likeness (QED) is 0.143. The van der Waals surface area contributed by atoms with Crippen molar-refractivity contribution < 1.29 is 0 Å². The van der Waals surface area contributed by atoms with E-state index in [1.807, 2.05) is 0 Å². The van der Waals surface area contributed by atoms with Crippen molar-refractivity contribution in [3.8, 4) is 0 Å². The molecule has 43 heavy (non-hydrogen) atoms. The Balaban J connectivity index is 1.29. The van der Waals surface area contributed by atoms with Gasteiger partial charge in [0.2, 0.25) is 0 Å². The summed E-state index contributed by atoms with van der Waals surface area (Å²) in [6.45, 7) is 3.32. The predicted molar refractivity (Wildman–Crippen MR) is 190 cm³/mol. The standard InChI is InChI=1S/C40H39NP2/c1-32(43(37-25-13-5-14-26-37)38-27-15-6-16-28-38)39-29-17-20-34(39)30-41-40(33-18-7-2-8-19-33)31-42(35-21-9-3-10-22-35)36-23-11-4-12-24-36/h2-28,32,40-41H,29-31H2,1H3/t32-,40-/m0/s1. The van der Waals surface area contributed by atoms with Crippen LogP contribution in [-0.4, -0.2) is 18.4 Å². The minimum atomic E-state index is -0.525. The molecule has 0 amide bonds. The first kappa shape index (κ1) is 29.5. The molecule has 0 heterocycles. The third-order valence-corrected chi connectivity index (χ3v) is 13.6. The van der Waals surface area contributed by atoms with Gasteiger partial charge in [0.05, 0.1) is 0 Å². The van der Waals surface area contributed by atoms with Crippen LogP contribution in [0.2, 0.25) is 0 Å². The molecule has 2 atom stereocenters. The van der Waals surface area contributed by atoms with Crippen molar-refractivity contribution in [3.05, 3.63) is 181 Å². The number of benzene rings is 5. The lowest BCUT2D eigenvalue weighted by atomic mass is 10.1. The van der Waals surface area contributed by atoms with Gasteiger partial charge in [-0.3, -0.25) is 0 Å². The van der Waals surface area contributed by atoms with Crippen LogP contribution in [0.1, 0.15) is 24.9 Å². The summed E-state index contributed by atoms with van der Waals surface area (Å²) < 4.78 is 0. The lowest BCUT2D eigenvalue weighted by Crippen LogP contribution is -2.29. The molecule has 0 aliphatic heterocycles. The largest absolute Gasteiger partial charge is 0.306 e. The maximum absolute atomic E-state index is 4.07. The highest BCUT2D eigenvalue weighted by Crippen LogP contribution is 2.46. The Labute approximate surface area is 259 Å². The minimum Gasteiger partial charge on any atom is -0.306 e. The van der Waals surface area contributed by atoms with Crippen molar-refractivity contribution in [2.45, 2.75) is 25.0 Å². The number of rotatable bonds is 12. The summed E-state index contributed by atoms with van der Waals surface area (Å²) in [5.74, 6) is 0. The number of hydrogen-bond acceptors (Lipinski definition) is 1. The second-order valence-electron chi connectivity index (χ2n) is 11.0. The molecule has 3 heteroatoms. The van der Waals surface area contributed by atoms with E-state index in [1.165, 1.54) is 32.4 Å². The Morgan fingerprint density at radius 2 is 1.02 bits per heavy atom. The molecule has 214 valence electrons. The highest BCUT2D eigenvalue weighted by molar-refractivity contribution is 7.74. The Bertz CT molecular complexity index is 1540. The average Bonchev–Trinajstić information content (AvgIpc) is 3.56. The number of hydrogen-bond donors (Lipinski definition) is 1. The second kappa shape index (κ2) is 14.7. The van der Waals surface area contributed by atoms with E-state index in [0.29, 0.717) is 5.66 Å². The molecule has 0 radical (unpaired) electrons. The molecular formula is C40H39NP2. The monoisotopic (exact) mass is 595 g/mol. The van der Waals surface area contributed by atoms with Gasteiger partial charge in [-0.2, -0.15) is 0 Å². The van der Waals surface area contributed by atoms with Crippen molar-refractivity contribution in [1.82, 2.24) is 5.32 Å². The maximum Gasteiger partial charge on any atom is 0.0368 e. The highest BCUT2D eigenvalue weighted by atomic mass is 31.1. The fourth-order valence-corrected chi connectivity index (χ4v) is 11.3. The highest BCUT2D eigenvalue weighted by Gasteiger charge is 2.27. The van der Waals surface area contributed by atoms with Gasteiger partial charge in [-0.1, -0.05) is 176 Å². The lowest BCUT2D eigenvalue weighted by Gasteiger charge is -2.29. The minimum absolute atomic E-state index is 0.246. The van der Waals surface area contributed by atoms with Crippen LogP contribution >= 0.6 is 15.8 Å². The molecule has 0 bridgehead atoms. The van der Waals surface area contributed by atoms with Gasteiger partial charge >= 0.3 is 0 Å². The molecule has 0 aromatic heterocycles. The van der Waals surface area contributed by atoms with Crippen LogP contribution in [0.25, 0.3) is 0 Å². The van der Waals surface area contributed by atoms with Crippen molar-refractivity contribution in [1.29, 1.82) is 0 Å². The SMILES string of the molecule is C[C@@H](C1=C(CN[C@@H](CP(c2ccccc2)c2ccccc2)c2ccccc2)C=CC1)P(c1ccccc1)c1ccccc1. The Morgan fingerprint density at radius 1 is 0.581 bits per heavy atom. The second-order valence-corrected chi connectivity index (χ2v) is 15.8. The van der Waals surface area contributed by atoms with E-state index in [2.05, 4.69) is 176 Å². The first-order valence-electron chi connectivity index (χ1n) is 15.2. The van der Waals surface area contributed by atoms with E-state index in [0.717, 1.165) is 19.1 Å². The zero-order chi connectivity index (χ0) is 29.3. The smallest absolute Gasteiger partial charge is 0.0368 e.